The number of carbonyl (C=O) groups is 3. The van der Waals surface area contributed by atoms with Gasteiger partial charge in [0.2, 0.25) is 0 Å². The highest BCUT2D eigenvalue weighted by molar-refractivity contribution is 6.08. The van der Waals surface area contributed by atoms with E-state index in [-0.39, 0.29) is 11.3 Å². The summed E-state index contributed by atoms with van der Waals surface area (Å²) in [6.45, 7) is 3.69. The zero-order valence-corrected chi connectivity index (χ0v) is 16.3. The largest absolute Gasteiger partial charge is 0.405 e. The number of aryl methyl sites for hydroxylation is 1. The molecular formula is C20H22F3N3O3. The SMILES string of the molecule is CCCc1c(C(=O)Nc2ccc(C(=O)NCC(F)(F)F)cc2)[nH]c(C)c1C(C)=O. The van der Waals surface area contributed by atoms with Crippen LogP contribution in [0.3, 0.4) is 0 Å². The van der Waals surface area contributed by atoms with E-state index in [0.29, 0.717) is 34.6 Å². The molecule has 0 radical (unpaired) electrons. The predicted octanol–water partition coefficient (Wildman–Crippen LogP) is 4.02. The zero-order chi connectivity index (χ0) is 21.8. The van der Waals surface area contributed by atoms with E-state index in [1.807, 2.05) is 6.92 Å². The lowest BCUT2D eigenvalue weighted by atomic mass is 10.0. The van der Waals surface area contributed by atoms with Gasteiger partial charge in [-0.15, -0.1) is 0 Å². The molecule has 1 aromatic carbocycles. The first kappa shape index (κ1) is 22.2. The Morgan fingerprint density at radius 1 is 1.07 bits per heavy atom. The fourth-order valence-corrected chi connectivity index (χ4v) is 3.03. The Labute approximate surface area is 165 Å². The molecule has 0 atom stereocenters. The van der Waals surface area contributed by atoms with E-state index in [2.05, 4.69) is 10.3 Å². The molecule has 9 heteroatoms. The lowest BCUT2D eigenvalue weighted by Crippen LogP contribution is -2.33. The smallest absolute Gasteiger partial charge is 0.354 e. The number of alkyl halides is 3. The summed E-state index contributed by atoms with van der Waals surface area (Å²) in [6.07, 6.45) is -3.19. The molecule has 0 saturated carbocycles. The van der Waals surface area contributed by atoms with Crippen LogP contribution in [0, 0.1) is 6.92 Å². The number of ketones is 1. The van der Waals surface area contributed by atoms with Gasteiger partial charge in [-0.25, -0.2) is 0 Å². The number of H-pyrrole nitrogens is 1. The zero-order valence-electron chi connectivity index (χ0n) is 16.3. The molecule has 1 aromatic heterocycles. The highest BCUT2D eigenvalue weighted by atomic mass is 19.4. The van der Waals surface area contributed by atoms with Gasteiger partial charge < -0.3 is 15.6 Å². The third-order valence-corrected chi connectivity index (χ3v) is 4.22. The van der Waals surface area contributed by atoms with Gasteiger partial charge in [-0.3, -0.25) is 14.4 Å². The molecule has 3 N–H and O–H groups in total. The van der Waals surface area contributed by atoms with Gasteiger partial charge in [-0.2, -0.15) is 13.2 Å². The highest BCUT2D eigenvalue weighted by Crippen LogP contribution is 2.23. The number of hydrogen-bond donors (Lipinski definition) is 3. The Bertz CT molecular complexity index is 916. The number of carbonyl (C=O) groups excluding carboxylic acids is 3. The first-order valence-corrected chi connectivity index (χ1v) is 9.02. The van der Waals surface area contributed by atoms with Crippen LogP contribution in [-0.2, 0) is 6.42 Å². The summed E-state index contributed by atoms with van der Waals surface area (Å²) >= 11 is 0. The van der Waals surface area contributed by atoms with Gasteiger partial charge in [0.05, 0.1) is 0 Å². The van der Waals surface area contributed by atoms with Gasteiger partial charge in [-0.05, 0) is 50.1 Å². The number of hydrogen-bond acceptors (Lipinski definition) is 3. The van der Waals surface area contributed by atoms with E-state index in [4.69, 9.17) is 0 Å². The number of Topliss-reactive ketones (excluding diaryl/α,β-unsaturated/α-hetero) is 1. The normalized spacial score (nSPS) is 11.2. The number of anilines is 1. The Morgan fingerprint density at radius 3 is 2.21 bits per heavy atom. The fourth-order valence-electron chi connectivity index (χ4n) is 3.03. The average Bonchev–Trinajstić information content (AvgIpc) is 2.96. The summed E-state index contributed by atoms with van der Waals surface area (Å²) in [7, 11) is 0. The Hall–Kier alpha value is -3.10. The van der Waals surface area contributed by atoms with Gasteiger partial charge in [0.1, 0.15) is 12.2 Å². The minimum atomic E-state index is -4.49. The molecule has 2 rings (SSSR count). The summed E-state index contributed by atoms with van der Waals surface area (Å²) in [5.74, 6) is -1.44. The lowest BCUT2D eigenvalue weighted by molar-refractivity contribution is -0.123. The van der Waals surface area contributed by atoms with Crippen LogP contribution >= 0.6 is 0 Å². The van der Waals surface area contributed by atoms with E-state index >= 15 is 0 Å². The third-order valence-electron chi connectivity index (χ3n) is 4.22. The molecule has 0 bridgehead atoms. The second-order valence-corrected chi connectivity index (χ2v) is 6.61. The number of halogens is 3. The van der Waals surface area contributed by atoms with E-state index in [9.17, 15) is 27.6 Å². The van der Waals surface area contributed by atoms with Crippen molar-refractivity contribution in [3.8, 4) is 0 Å². The van der Waals surface area contributed by atoms with E-state index in [0.717, 1.165) is 6.42 Å². The van der Waals surface area contributed by atoms with Crippen molar-refractivity contribution in [1.82, 2.24) is 10.3 Å². The standard InChI is InChI=1S/C20H22F3N3O3/c1-4-5-15-16(12(3)27)11(2)25-17(15)19(29)26-14-8-6-13(7-9-14)18(28)24-10-20(21,22)23/h6-9,25H,4-5,10H2,1-3H3,(H,24,28)(H,26,29). The molecule has 2 aromatic rings. The van der Waals surface area contributed by atoms with Crippen LogP contribution in [0.2, 0.25) is 0 Å². The quantitative estimate of drug-likeness (QED) is 0.603. The van der Waals surface area contributed by atoms with Crippen molar-refractivity contribution in [2.75, 3.05) is 11.9 Å². The van der Waals surface area contributed by atoms with Crippen molar-refractivity contribution in [2.45, 2.75) is 39.8 Å². The Balaban J connectivity index is 2.15. The van der Waals surface area contributed by atoms with Crippen molar-refractivity contribution < 1.29 is 27.6 Å². The predicted molar refractivity (Wildman–Crippen MR) is 102 cm³/mol. The van der Waals surface area contributed by atoms with Gasteiger partial charge >= 0.3 is 6.18 Å². The van der Waals surface area contributed by atoms with Crippen LogP contribution in [0.4, 0.5) is 18.9 Å². The first-order chi connectivity index (χ1) is 13.5. The van der Waals surface area contributed by atoms with Crippen molar-refractivity contribution in [2.24, 2.45) is 0 Å². The van der Waals surface area contributed by atoms with E-state index < -0.39 is 24.5 Å². The van der Waals surface area contributed by atoms with Crippen LogP contribution < -0.4 is 10.6 Å². The van der Waals surface area contributed by atoms with Crippen LogP contribution in [0.1, 0.15) is 62.7 Å². The second kappa shape index (κ2) is 8.93. The van der Waals surface area contributed by atoms with Crippen LogP contribution in [0.25, 0.3) is 0 Å². The molecule has 0 saturated heterocycles. The number of aromatic amines is 1. The maximum Gasteiger partial charge on any atom is 0.405 e. The van der Waals surface area contributed by atoms with E-state index in [1.165, 1.54) is 31.2 Å². The lowest BCUT2D eigenvalue weighted by Gasteiger charge is -2.10. The molecule has 0 unspecified atom stereocenters. The Morgan fingerprint density at radius 2 is 1.69 bits per heavy atom. The molecule has 0 aliphatic rings. The van der Waals surface area contributed by atoms with Crippen molar-refractivity contribution in [3.63, 3.8) is 0 Å². The van der Waals surface area contributed by atoms with Crippen LogP contribution in [0.5, 0.6) is 0 Å². The first-order valence-electron chi connectivity index (χ1n) is 9.02. The maximum atomic E-state index is 12.7. The number of rotatable bonds is 7. The summed E-state index contributed by atoms with van der Waals surface area (Å²) in [5, 5.41) is 4.44. The van der Waals surface area contributed by atoms with Crippen molar-refractivity contribution in [1.29, 1.82) is 0 Å². The average molecular weight is 409 g/mol. The maximum absolute atomic E-state index is 12.7. The summed E-state index contributed by atoms with van der Waals surface area (Å²) in [5.41, 5.74) is 2.46. The summed E-state index contributed by atoms with van der Waals surface area (Å²) in [4.78, 5) is 39.3. The molecule has 2 amide bonds. The molecule has 29 heavy (non-hydrogen) atoms. The number of nitrogens with one attached hydrogen (secondary N) is 3. The van der Waals surface area contributed by atoms with Crippen molar-refractivity contribution >= 4 is 23.3 Å². The Kier molecular flexibility index (Phi) is 6.84. The van der Waals surface area contributed by atoms with Gasteiger partial charge in [0.25, 0.3) is 11.8 Å². The number of benzene rings is 1. The molecule has 6 nitrogen and oxygen atoms in total. The summed E-state index contributed by atoms with van der Waals surface area (Å²) < 4.78 is 36.5. The minimum Gasteiger partial charge on any atom is -0.354 e. The van der Waals surface area contributed by atoms with Crippen molar-refractivity contribution in [3.05, 3.63) is 52.3 Å². The van der Waals surface area contributed by atoms with Gasteiger partial charge in [0.15, 0.2) is 5.78 Å². The van der Waals surface area contributed by atoms with Gasteiger partial charge in [0, 0.05) is 22.5 Å². The highest BCUT2D eigenvalue weighted by Gasteiger charge is 2.28. The molecule has 0 fully saturated rings. The van der Waals surface area contributed by atoms with Crippen LogP contribution in [-0.4, -0.2) is 35.3 Å². The monoisotopic (exact) mass is 409 g/mol. The minimum absolute atomic E-state index is 0.0357. The number of aromatic nitrogens is 1. The fraction of sp³-hybridized carbons (Fsp3) is 0.350. The molecule has 156 valence electrons. The summed E-state index contributed by atoms with van der Waals surface area (Å²) in [6, 6.07) is 5.47. The van der Waals surface area contributed by atoms with Gasteiger partial charge in [-0.1, -0.05) is 13.3 Å². The topological polar surface area (TPSA) is 91.1 Å². The van der Waals surface area contributed by atoms with E-state index in [1.54, 1.807) is 12.2 Å². The molecule has 0 aliphatic carbocycles. The molecular weight excluding hydrogens is 387 g/mol. The molecule has 1 heterocycles. The second-order valence-electron chi connectivity index (χ2n) is 6.61. The molecule has 0 aliphatic heterocycles. The van der Waals surface area contributed by atoms with Crippen LogP contribution in [0.15, 0.2) is 24.3 Å². The number of amides is 2. The molecule has 0 spiro atoms. The third kappa shape index (κ3) is 5.69.